The molecule has 2 rings (SSSR count). The minimum atomic E-state index is -0.629. The quantitative estimate of drug-likeness (QED) is 0.671. The van der Waals surface area contributed by atoms with Crippen LogP contribution in [0.25, 0.3) is 0 Å². The summed E-state index contributed by atoms with van der Waals surface area (Å²) in [4.78, 5) is 10.3. The van der Waals surface area contributed by atoms with Crippen molar-refractivity contribution in [1.29, 1.82) is 0 Å². The second-order valence-corrected chi connectivity index (χ2v) is 5.08. The molecule has 0 heterocycles. The number of nitro benzene ring substituents is 1. The summed E-state index contributed by atoms with van der Waals surface area (Å²) in [6.07, 6.45) is -0.629. The molecule has 1 N–H and O–H groups in total. The second kappa shape index (κ2) is 6.11. The highest BCUT2D eigenvalue weighted by Crippen LogP contribution is 2.34. The number of non-ortho nitro benzene ring substituents is 1. The van der Waals surface area contributed by atoms with Gasteiger partial charge in [-0.3, -0.25) is 10.1 Å². The van der Waals surface area contributed by atoms with Gasteiger partial charge in [-0.15, -0.1) is 0 Å². The molecule has 0 spiro atoms. The van der Waals surface area contributed by atoms with Gasteiger partial charge in [0.05, 0.1) is 22.1 Å². The number of aliphatic hydroxyl groups is 1. The smallest absolute Gasteiger partial charge is 0.273 e. The Balaban J connectivity index is 2.34. The lowest BCUT2D eigenvalue weighted by Crippen LogP contribution is -1.94. The summed E-state index contributed by atoms with van der Waals surface area (Å²) < 4.78 is 5.65. The van der Waals surface area contributed by atoms with Crippen molar-refractivity contribution in [2.24, 2.45) is 0 Å². The van der Waals surface area contributed by atoms with Crippen LogP contribution >= 0.6 is 11.6 Å². The second-order valence-electron chi connectivity index (χ2n) is 4.67. The molecule has 0 bridgehead atoms. The van der Waals surface area contributed by atoms with Crippen LogP contribution in [0.5, 0.6) is 11.5 Å². The number of aliphatic hydroxyl groups excluding tert-OH is 1. The van der Waals surface area contributed by atoms with Crippen molar-refractivity contribution in [2.45, 2.75) is 20.0 Å². The molecule has 1 atom stereocenters. The third-order valence-electron chi connectivity index (χ3n) is 3.04. The highest BCUT2D eigenvalue weighted by molar-refractivity contribution is 6.32. The van der Waals surface area contributed by atoms with Gasteiger partial charge in [-0.05, 0) is 43.2 Å². The predicted octanol–water partition coefficient (Wildman–Crippen LogP) is 4.40. The maximum atomic E-state index is 10.8. The van der Waals surface area contributed by atoms with E-state index in [1.54, 1.807) is 38.1 Å². The van der Waals surface area contributed by atoms with E-state index in [2.05, 4.69) is 0 Å². The molecular formula is C15H14ClNO4. The van der Waals surface area contributed by atoms with E-state index >= 15 is 0 Å². The molecule has 6 heteroatoms. The van der Waals surface area contributed by atoms with Gasteiger partial charge in [-0.2, -0.15) is 0 Å². The van der Waals surface area contributed by atoms with E-state index in [9.17, 15) is 15.2 Å². The van der Waals surface area contributed by atoms with Crippen LogP contribution in [-0.2, 0) is 0 Å². The number of nitro groups is 1. The Morgan fingerprint density at radius 2 is 1.95 bits per heavy atom. The number of rotatable bonds is 4. The van der Waals surface area contributed by atoms with Crippen molar-refractivity contribution in [3.05, 3.63) is 62.7 Å². The predicted molar refractivity (Wildman–Crippen MR) is 80.0 cm³/mol. The summed E-state index contributed by atoms with van der Waals surface area (Å²) in [5.41, 5.74) is 1.38. The Kier molecular flexibility index (Phi) is 4.45. The minimum Gasteiger partial charge on any atom is -0.455 e. The first-order valence-electron chi connectivity index (χ1n) is 6.29. The highest BCUT2D eigenvalue weighted by atomic mass is 35.5. The molecule has 5 nitrogen and oxygen atoms in total. The topological polar surface area (TPSA) is 72.6 Å². The molecular weight excluding hydrogens is 294 g/mol. The maximum Gasteiger partial charge on any atom is 0.273 e. The van der Waals surface area contributed by atoms with Gasteiger partial charge in [0.2, 0.25) is 0 Å². The van der Waals surface area contributed by atoms with Crippen molar-refractivity contribution in [3.8, 4) is 11.5 Å². The number of nitrogens with zero attached hydrogens (tertiary/aromatic N) is 1. The molecule has 0 aromatic heterocycles. The molecule has 0 amide bonds. The van der Waals surface area contributed by atoms with Gasteiger partial charge in [0.1, 0.15) is 11.5 Å². The molecule has 0 saturated heterocycles. The molecule has 0 fully saturated rings. The molecule has 0 aliphatic heterocycles. The average molecular weight is 308 g/mol. The van der Waals surface area contributed by atoms with Gasteiger partial charge in [0.25, 0.3) is 5.69 Å². The lowest BCUT2D eigenvalue weighted by Gasteiger charge is -2.12. The normalized spacial score (nSPS) is 12.0. The van der Waals surface area contributed by atoms with E-state index in [4.69, 9.17) is 16.3 Å². The maximum absolute atomic E-state index is 10.8. The van der Waals surface area contributed by atoms with Crippen molar-refractivity contribution in [3.63, 3.8) is 0 Å². The molecule has 1 unspecified atom stereocenters. The van der Waals surface area contributed by atoms with Crippen LogP contribution in [0.3, 0.4) is 0 Å². The number of hydrogen-bond acceptors (Lipinski definition) is 4. The molecule has 21 heavy (non-hydrogen) atoms. The lowest BCUT2D eigenvalue weighted by molar-refractivity contribution is -0.384. The summed E-state index contributed by atoms with van der Waals surface area (Å²) in [5.74, 6) is 0.751. The van der Waals surface area contributed by atoms with Gasteiger partial charge in [0.15, 0.2) is 0 Å². The van der Waals surface area contributed by atoms with Crippen molar-refractivity contribution < 1.29 is 14.8 Å². The number of benzene rings is 2. The monoisotopic (exact) mass is 307 g/mol. The molecule has 0 radical (unpaired) electrons. The van der Waals surface area contributed by atoms with Gasteiger partial charge in [0, 0.05) is 6.07 Å². The summed E-state index contributed by atoms with van der Waals surface area (Å²) in [7, 11) is 0. The van der Waals surface area contributed by atoms with E-state index in [1.807, 2.05) is 0 Å². The Labute approximate surface area is 126 Å². The van der Waals surface area contributed by atoms with Crippen LogP contribution in [0.4, 0.5) is 5.69 Å². The van der Waals surface area contributed by atoms with Crippen LogP contribution in [0, 0.1) is 17.0 Å². The Hall–Kier alpha value is -2.11. The summed E-state index contributed by atoms with van der Waals surface area (Å²) in [5, 5.41) is 20.6. The molecule has 0 saturated carbocycles. The van der Waals surface area contributed by atoms with Gasteiger partial charge >= 0.3 is 0 Å². The van der Waals surface area contributed by atoms with E-state index in [-0.39, 0.29) is 5.69 Å². The Morgan fingerprint density at radius 1 is 1.24 bits per heavy atom. The number of ether oxygens (including phenoxy) is 1. The largest absolute Gasteiger partial charge is 0.455 e. The fraction of sp³-hybridized carbons (Fsp3) is 0.200. The Morgan fingerprint density at radius 3 is 2.52 bits per heavy atom. The standard InChI is InChI=1S/C15H14ClNO4/c1-9-3-5-12(17(19)20)8-15(9)21-14-6-4-11(10(2)18)7-13(14)16/h3-8,10,18H,1-2H3. The first-order chi connectivity index (χ1) is 9.88. The highest BCUT2D eigenvalue weighted by Gasteiger charge is 2.12. The van der Waals surface area contributed by atoms with Gasteiger partial charge in [-0.1, -0.05) is 17.7 Å². The fourth-order valence-electron chi connectivity index (χ4n) is 1.79. The molecule has 0 aliphatic rings. The van der Waals surface area contributed by atoms with Crippen LogP contribution in [-0.4, -0.2) is 10.0 Å². The zero-order valence-electron chi connectivity index (χ0n) is 11.5. The number of hydrogen-bond donors (Lipinski definition) is 1. The van der Waals surface area contributed by atoms with Gasteiger partial charge in [-0.25, -0.2) is 0 Å². The first kappa shape index (κ1) is 15.3. The van der Waals surface area contributed by atoms with E-state index in [0.29, 0.717) is 22.1 Å². The van der Waals surface area contributed by atoms with E-state index in [0.717, 1.165) is 5.56 Å². The lowest BCUT2D eigenvalue weighted by atomic mass is 10.1. The third-order valence-corrected chi connectivity index (χ3v) is 3.34. The van der Waals surface area contributed by atoms with E-state index in [1.165, 1.54) is 12.1 Å². The number of aryl methyl sites for hydroxylation is 1. The van der Waals surface area contributed by atoms with Crippen molar-refractivity contribution in [1.82, 2.24) is 0 Å². The summed E-state index contributed by atoms with van der Waals surface area (Å²) in [6, 6.07) is 9.32. The van der Waals surface area contributed by atoms with Crippen LogP contribution in [0.15, 0.2) is 36.4 Å². The molecule has 110 valence electrons. The first-order valence-corrected chi connectivity index (χ1v) is 6.66. The van der Waals surface area contributed by atoms with E-state index < -0.39 is 11.0 Å². The molecule has 2 aromatic carbocycles. The van der Waals surface area contributed by atoms with Crippen LogP contribution in [0.1, 0.15) is 24.2 Å². The molecule has 0 aliphatic carbocycles. The zero-order chi connectivity index (χ0) is 15.6. The van der Waals surface area contributed by atoms with Gasteiger partial charge < -0.3 is 9.84 Å². The minimum absolute atomic E-state index is 0.0488. The summed E-state index contributed by atoms with van der Waals surface area (Å²) in [6.45, 7) is 3.42. The van der Waals surface area contributed by atoms with Crippen molar-refractivity contribution in [2.75, 3.05) is 0 Å². The fourth-order valence-corrected chi connectivity index (χ4v) is 2.02. The molecule has 2 aromatic rings. The van der Waals surface area contributed by atoms with Crippen LogP contribution in [0.2, 0.25) is 5.02 Å². The van der Waals surface area contributed by atoms with Crippen LogP contribution < -0.4 is 4.74 Å². The Bertz CT molecular complexity index is 685. The SMILES string of the molecule is Cc1ccc([N+](=O)[O-])cc1Oc1ccc(C(C)O)cc1Cl. The van der Waals surface area contributed by atoms with Crippen molar-refractivity contribution >= 4 is 17.3 Å². The number of halogens is 1. The zero-order valence-corrected chi connectivity index (χ0v) is 12.3. The summed E-state index contributed by atoms with van der Waals surface area (Å²) >= 11 is 6.11. The average Bonchev–Trinajstić information content (AvgIpc) is 2.42. The third kappa shape index (κ3) is 3.51.